The molecule has 0 saturated heterocycles. The molecular formula is C19H18N4O4S2. The van der Waals surface area contributed by atoms with Gasteiger partial charge in [0.1, 0.15) is 5.82 Å². The van der Waals surface area contributed by atoms with Crippen molar-refractivity contribution in [2.24, 2.45) is 0 Å². The van der Waals surface area contributed by atoms with E-state index in [0.717, 1.165) is 23.4 Å². The normalized spacial score (nSPS) is 11.1. The maximum absolute atomic E-state index is 12.4. The molecule has 3 aromatic rings. The van der Waals surface area contributed by atoms with Crippen molar-refractivity contribution < 1.29 is 13.2 Å². The van der Waals surface area contributed by atoms with Gasteiger partial charge in [0, 0.05) is 11.8 Å². The van der Waals surface area contributed by atoms with Gasteiger partial charge in [0.2, 0.25) is 5.91 Å². The molecule has 1 heterocycles. The monoisotopic (exact) mass is 430 g/mol. The van der Waals surface area contributed by atoms with Crippen LogP contribution in [0.1, 0.15) is 5.56 Å². The Balaban J connectivity index is 1.67. The lowest BCUT2D eigenvalue weighted by Gasteiger charge is -2.08. The number of aromatic nitrogens is 2. The SMILES string of the molecule is Cc1cccc(NC(=O)CSc2nc(NS(=O)(=O)c3ccccc3)cc(=O)[nH]2)c1. The lowest BCUT2D eigenvalue weighted by molar-refractivity contribution is -0.113. The molecule has 0 fully saturated rings. The highest BCUT2D eigenvalue weighted by atomic mass is 32.2. The van der Waals surface area contributed by atoms with E-state index in [9.17, 15) is 18.0 Å². The number of nitrogens with zero attached hydrogens (tertiary/aromatic N) is 1. The maximum atomic E-state index is 12.4. The number of carbonyl (C=O) groups excluding carboxylic acids is 1. The topological polar surface area (TPSA) is 121 Å². The molecular weight excluding hydrogens is 412 g/mol. The van der Waals surface area contributed by atoms with E-state index in [1.807, 2.05) is 25.1 Å². The molecule has 1 amide bonds. The van der Waals surface area contributed by atoms with Crippen LogP contribution in [-0.2, 0) is 14.8 Å². The number of aromatic amines is 1. The second-order valence-electron chi connectivity index (χ2n) is 6.06. The second-order valence-corrected chi connectivity index (χ2v) is 8.71. The van der Waals surface area contributed by atoms with Gasteiger partial charge in [0.05, 0.1) is 10.6 Å². The zero-order chi connectivity index (χ0) is 20.9. The third-order valence-corrected chi connectivity index (χ3v) is 5.90. The molecule has 0 radical (unpaired) electrons. The van der Waals surface area contributed by atoms with Gasteiger partial charge >= 0.3 is 0 Å². The van der Waals surface area contributed by atoms with Gasteiger partial charge in [-0.1, -0.05) is 42.1 Å². The van der Waals surface area contributed by atoms with Gasteiger partial charge in [-0.15, -0.1) is 0 Å². The molecule has 0 spiro atoms. The molecule has 0 aliphatic heterocycles. The highest BCUT2D eigenvalue weighted by Crippen LogP contribution is 2.17. The zero-order valence-corrected chi connectivity index (χ0v) is 17.0. The van der Waals surface area contributed by atoms with Gasteiger partial charge < -0.3 is 10.3 Å². The van der Waals surface area contributed by atoms with E-state index in [-0.39, 0.29) is 27.5 Å². The van der Waals surface area contributed by atoms with Crippen LogP contribution in [0.4, 0.5) is 11.5 Å². The summed E-state index contributed by atoms with van der Waals surface area (Å²) in [5.41, 5.74) is 1.15. The molecule has 150 valence electrons. The Hall–Kier alpha value is -3.11. The lowest BCUT2D eigenvalue weighted by atomic mass is 10.2. The summed E-state index contributed by atoms with van der Waals surface area (Å²) in [4.78, 5) is 30.6. The molecule has 2 aromatic carbocycles. The highest BCUT2D eigenvalue weighted by Gasteiger charge is 2.15. The largest absolute Gasteiger partial charge is 0.325 e. The summed E-state index contributed by atoms with van der Waals surface area (Å²) in [5, 5.41) is 2.88. The summed E-state index contributed by atoms with van der Waals surface area (Å²) < 4.78 is 27.1. The Morgan fingerprint density at radius 3 is 2.59 bits per heavy atom. The fourth-order valence-electron chi connectivity index (χ4n) is 2.41. The average molecular weight is 431 g/mol. The van der Waals surface area contributed by atoms with E-state index >= 15 is 0 Å². The van der Waals surface area contributed by atoms with E-state index < -0.39 is 15.6 Å². The fraction of sp³-hybridized carbons (Fsp3) is 0.105. The van der Waals surface area contributed by atoms with Crippen LogP contribution in [0.2, 0.25) is 0 Å². The molecule has 29 heavy (non-hydrogen) atoms. The zero-order valence-electron chi connectivity index (χ0n) is 15.4. The van der Waals surface area contributed by atoms with Crippen LogP contribution < -0.4 is 15.6 Å². The smallest absolute Gasteiger partial charge is 0.263 e. The van der Waals surface area contributed by atoms with Gasteiger partial charge in [-0.25, -0.2) is 13.4 Å². The minimum Gasteiger partial charge on any atom is -0.325 e. The molecule has 0 bridgehead atoms. The number of nitrogens with one attached hydrogen (secondary N) is 3. The molecule has 8 nitrogen and oxygen atoms in total. The minimum absolute atomic E-state index is 0.00816. The van der Waals surface area contributed by atoms with E-state index in [4.69, 9.17) is 0 Å². The molecule has 1 aromatic heterocycles. The van der Waals surface area contributed by atoms with Crippen molar-refractivity contribution in [3.05, 3.63) is 76.6 Å². The van der Waals surface area contributed by atoms with Crippen LogP contribution in [-0.4, -0.2) is 30.0 Å². The van der Waals surface area contributed by atoms with Gasteiger partial charge in [0.15, 0.2) is 5.16 Å². The lowest BCUT2D eigenvalue weighted by Crippen LogP contribution is -2.18. The van der Waals surface area contributed by atoms with Crippen LogP contribution in [0.25, 0.3) is 0 Å². The van der Waals surface area contributed by atoms with Gasteiger partial charge in [-0.3, -0.25) is 14.3 Å². The van der Waals surface area contributed by atoms with Crippen molar-refractivity contribution >= 4 is 39.2 Å². The van der Waals surface area contributed by atoms with Crippen LogP contribution in [0.3, 0.4) is 0 Å². The summed E-state index contributed by atoms with van der Waals surface area (Å²) in [6.07, 6.45) is 0. The van der Waals surface area contributed by atoms with Crippen molar-refractivity contribution in [2.75, 3.05) is 15.8 Å². The number of sulfonamides is 1. The number of thioether (sulfide) groups is 1. The van der Waals surface area contributed by atoms with Crippen LogP contribution in [0.5, 0.6) is 0 Å². The van der Waals surface area contributed by atoms with Gasteiger partial charge in [0.25, 0.3) is 15.6 Å². The standard InChI is InChI=1S/C19H18N4O4S2/c1-13-6-5-7-14(10-13)20-18(25)12-28-19-21-16(11-17(24)22-19)23-29(26,27)15-8-3-2-4-9-15/h2-11H,12H2,1H3,(H,20,25)(H2,21,22,23,24). The Bertz CT molecular complexity index is 1180. The fourth-order valence-corrected chi connectivity index (χ4v) is 4.09. The number of benzene rings is 2. The van der Waals surface area contributed by atoms with Crippen molar-refractivity contribution in [1.29, 1.82) is 0 Å². The van der Waals surface area contributed by atoms with Crippen molar-refractivity contribution in [2.45, 2.75) is 17.0 Å². The number of hydrogen-bond acceptors (Lipinski definition) is 6. The van der Waals surface area contributed by atoms with Crippen LogP contribution >= 0.6 is 11.8 Å². The first-order valence-corrected chi connectivity index (χ1v) is 11.0. The molecule has 0 aliphatic rings. The third kappa shape index (κ3) is 5.93. The molecule has 3 N–H and O–H groups in total. The quantitative estimate of drug-likeness (QED) is 0.391. The second kappa shape index (κ2) is 8.93. The number of H-pyrrole nitrogens is 1. The number of amides is 1. The van der Waals surface area contributed by atoms with Crippen LogP contribution in [0, 0.1) is 6.92 Å². The Morgan fingerprint density at radius 1 is 1.10 bits per heavy atom. The summed E-state index contributed by atoms with van der Waals surface area (Å²) in [6, 6.07) is 16.1. The first-order valence-electron chi connectivity index (χ1n) is 8.50. The van der Waals surface area contributed by atoms with E-state index in [0.29, 0.717) is 5.69 Å². The minimum atomic E-state index is -3.88. The van der Waals surface area contributed by atoms with Crippen LogP contribution in [0.15, 0.2) is 75.5 Å². The van der Waals surface area contributed by atoms with Crippen molar-refractivity contribution in [1.82, 2.24) is 9.97 Å². The first kappa shape index (κ1) is 20.6. The van der Waals surface area contributed by atoms with Crippen molar-refractivity contribution in [3.8, 4) is 0 Å². The third-order valence-electron chi connectivity index (χ3n) is 3.65. The number of rotatable bonds is 7. The Labute approximate surface area is 171 Å². The van der Waals surface area contributed by atoms with Crippen molar-refractivity contribution in [3.63, 3.8) is 0 Å². The Morgan fingerprint density at radius 2 is 1.86 bits per heavy atom. The average Bonchev–Trinajstić information content (AvgIpc) is 2.66. The van der Waals surface area contributed by atoms with Gasteiger partial charge in [-0.2, -0.15) is 0 Å². The summed E-state index contributed by atoms with van der Waals surface area (Å²) >= 11 is 0.989. The number of aryl methyl sites for hydroxylation is 1. The van der Waals surface area contributed by atoms with Gasteiger partial charge in [-0.05, 0) is 36.8 Å². The molecule has 0 unspecified atom stereocenters. The molecule has 0 aliphatic carbocycles. The molecule has 0 atom stereocenters. The van der Waals surface area contributed by atoms with E-state index in [2.05, 4.69) is 20.0 Å². The summed E-state index contributed by atoms with van der Waals surface area (Å²) in [6.45, 7) is 1.92. The molecule has 0 saturated carbocycles. The maximum Gasteiger partial charge on any atom is 0.263 e. The van der Waals surface area contributed by atoms with E-state index in [1.54, 1.807) is 24.3 Å². The molecule has 10 heteroatoms. The molecule has 3 rings (SSSR count). The Kier molecular flexibility index (Phi) is 6.35. The summed E-state index contributed by atoms with van der Waals surface area (Å²) in [7, 11) is -3.88. The number of hydrogen-bond donors (Lipinski definition) is 3. The predicted octanol–water partition coefficient (Wildman–Crippen LogP) is 2.61. The van der Waals surface area contributed by atoms with E-state index in [1.165, 1.54) is 12.1 Å². The summed E-state index contributed by atoms with van der Waals surface area (Å²) in [5.74, 6) is -0.413. The predicted molar refractivity (Wildman–Crippen MR) is 113 cm³/mol. The number of carbonyl (C=O) groups is 1. The first-order chi connectivity index (χ1) is 13.8. The highest BCUT2D eigenvalue weighted by molar-refractivity contribution is 7.99. The number of anilines is 2.